The van der Waals surface area contributed by atoms with Crippen molar-refractivity contribution in [1.29, 1.82) is 0 Å². The van der Waals surface area contributed by atoms with Gasteiger partial charge in [0.15, 0.2) is 0 Å². The fourth-order valence-electron chi connectivity index (χ4n) is 2.95. The maximum absolute atomic E-state index is 12.1. The quantitative estimate of drug-likeness (QED) is 0.848. The number of nitrogens with one attached hydrogen (secondary N) is 1. The zero-order valence-electron chi connectivity index (χ0n) is 13.9. The predicted octanol–water partition coefficient (Wildman–Crippen LogP) is 2.64. The number of aliphatic carboxylic acids is 1. The Hall–Kier alpha value is -2.66. The van der Waals surface area contributed by atoms with Gasteiger partial charge in [0.05, 0.1) is 0 Å². The molecule has 25 heavy (non-hydrogen) atoms. The van der Waals surface area contributed by atoms with Crippen LogP contribution < -0.4 is 5.32 Å². The van der Waals surface area contributed by atoms with Crippen LogP contribution >= 0.6 is 0 Å². The number of carbonyl (C=O) groups excluding carboxylic acids is 1. The van der Waals surface area contributed by atoms with Gasteiger partial charge in [-0.25, -0.2) is 4.79 Å². The van der Waals surface area contributed by atoms with Crippen LogP contribution in [0.5, 0.6) is 0 Å². The second kappa shape index (κ2) is 7.94. The van der Waals surface area contributed by atoms with Crippen molar-refractivity contribution < 1.29 is 19.4 Å². The van der Waals surface area contributed by atoms with Crippen molar-refractivity contribution in [3.63, 3.8) is 0 Å². The summed E-state index contributed by atoms with van der Waals surface area (Å²) in [7, 11) is 0. The van der Waals surface area contributed by atoms with Crippen LogP contribution in [0.1, 0.15) is 18.4 Å². The number of rotatable bonds is 6. The van der Waals surface area contributed by atoms with Gasteiger partial charge in [0, 0.05) is 13.0 Å². The highest BCUT2D eigenvalue weighted by Gasteiger charge is 2.28. The molecule has 1 fully saturated rings. The van der Waals surface area contributed by atoms with Crippen LogP contribution in [0.3, 0.4) is 0 Å². The largest absolute Gasteiger partial charge is 0.480 e. The molecule has 1 amide bonds. The van der Waals surface area contributed by atoms with Gasteiger partial charge in [0.2, 0.25) is 5.91 Å². The summed E-state index contributed by atoms with van der Waals surface area (Å²) in [4.78, 5) is 23.6. The van der Waals surface area contributed by atoms with E-state index in [0.29, 0.717) is 13.0 Å². The Bertz CT molecular complexity index is 721. The molecule has 0 aromatic heterocycles. The maximum atomic E-state index is 12.1. The van der Waals surface area contributed by atoms with Crippen molar-refractivity contribution in [2.45, 2.75) is 31.4 Å². The Morgan fingerprint density at radius 2 is 1.76 bits per heavy atom. The minimum absolute atomic E-state index is 0.239. The summed E-state index contributed by atoms with van der Waals surface area (Å²) in [6.07, 6.45) is 1.19. The van der Waals surface area contributed by atoms with Gasteiger partial charge in [-0.2, -0.15) is 0 Å². The molecule has 1 heterocycles. The lowest BCUT2D eigenvalue weighted by Gasteiger charge is -2.17. The number of amides is 1. The molecule has 3 rings (SSSR count). The molecule has 1 saturated heterocycles. The smallest absolute Gasteiger partial charge is 0.326 e. The average molecular weight is 339 g/mol. The lowest BCUT2D eigenvalue weighted by Crippen LogP contribution is -2.46. The van der Waals surface area contributed by atoms with Crippen molar-refractivity contribution in [2.24, 2.45) is 0 Å². The molecular weight excluding hydrogens is 318 g/mol. The predicted molar refractivity (Wildman–Crippen MR) is 94.1 cm³/mol. The highest BCUT2D eigenvalue weighted by Crippen LogP contribution is 2.20. The van der Waals surface area contributed by atoms with E-state index in [4.69, 9.17) is 4.74 Å². The topological polar surface area (TPSA) is 75.6 Å². The minimum atomic E-state index is -1.04. The van der Waals surface area contributed by atoms with E-state index in [-0.39, 0.29) is 12.3 Å². The van der Waals surface area contributed by atoms with Gasteiger partial charge in [-0.3, -0.25) is 4.79 Å². The second-order valence-corrected chi connectivity index (χ2v) is 6.17. The summed E-state index contributed by atoms with van der Waals surface area (Å²) < 4.78 is 5.31. The van der Waals surface area contributed by atoms with E-state index in [1.54, 1.807) is 0 Å². The van der Waals surface area contributed by atoms with Gasteiger partial charge in [-0.1, -0.05) is 54.6 Å². The normalized spacial score (nSPS) is 17.8. The molecule has 5 heteroatoms. The van der Waals surface area contributed by atoms with E-state index in [2.05, 4.69) is 5.32 Å². The highest BCUT2D eigenvalue weighted by atomic mass is 16.5. The second-order valence-electron chi connectivity index (χ2n) is 6.17. The summed E-state index contributed by atoms with van der Waals surface area (Å²) in [5, 5.41) is 12.0. The zero-order chi connectivity index (χ0) is 17.6. The first-order chi connectivity index (χ1) is 12.1. The van der Waals surface area contributed by atoms with E-state index in [9.17, 15) is 14.7 Å². The van der Waals surface area contributed by atoms with Gasteiger partial charge in [0.1, 0.15) is 12.1 Å². The summed E-state index contributed by atoms with van der Waals surface area (Å²) in [6, 6.07) is 16.7. The van der Waals surface area contributed by atoms with Gasteiger partial charge >= 0.3 is 5.97 Å². The van der Waals surface area contributed by atoms with Gasteiger partial charge in [-0.05, 0) is 29.5 Å². The van der Waals surface area contributed by atoms with E-state index in [1.807, 2.05) is 54.6 Å². The molecule has 0 bridgehead atoms. The monoisotopic (exact) mass is 339 g/mol. The van der Waals surface area contributed by atoms with Crippen molar-refractivity contribution in [3.8, 4) is 11.1 Å². The average Bonchev–Trinajstić information content (AvgIpc) is 3.17. The number of hydrogen-bond donors (Lipinski definition) is 2. The molecule has 5 nitrogen and oxygen atoms in total. The third-order valence-electron chi connectivity index (χ3n) is 4.34. The highest BCUT2D eigenvalue weighted by molar-refractivity contribution is 5.86. The Morgan fingerprint density at radius 1 is 1.08 bits per heavy atom. The van der Waals surface area contributed by atoms with Crippen LogP contribution in [-0.4, -0.2) is 35.7 Å². The number of ether oxygens (including phenoxy) is 1. The fraction of sp³-hybridized carbons (Fsp3) is 0.300. The van der Waals surface area contributed by atoms with Crippen LogP contribution in [0.25, 0.3) is 11.1 Å². The van der Waals surface area contributed by atoms with Crippen LogP contribution in [0.4, 0.5) is 0 Å². The maximum Gasteiger partial charge on any atom is 0.326 e. The van der Waals surface area contributed by atoms with E-state index in [1.165, 1.54) is 0 Å². The molecule has 2 atom stereocenters. The molecular formula is C20H21NO4. The van der Waals surface area contributed by atoms with E-state index < -0.39 is 18.1 Å². The Kier molecular flexibility index (Phi) is 5.46. The van der Waals surface area contributed by atoms with Crippen LogP contribution in [0, 0.1) is 0 Å². The third-order valence-corrected chi connectivity index (χ3v) is 4.34. The molecule has 2 aromatic carbocycles. The van der Waals surface area contributed by atoms with Gasteiger partial charge in [-0.15, -0.1) is 0 Å². The first-order valence-electron chi connectivity index (χ1n) is 8.42. The number of carboxylic acid groups (broad SMARTS) is 1. The molecule has 1 aliphatic heterocycles. The molecule has 0 saturated carbocycles. The van der Waals surface area contributed by atoms with Crippen LogP contribution in [-0.2, 0) is 20.7 Å². The molecule has 2 aromatic rings. The lowest BCUT2D eigenvalue weighted by atomic mass is 10.0. The molecule has 0 aliphatic carbocycles. The van der Waals surface area contributed by atoms with Gasteiger partial charge < -0.3 is 15.2 Å². The molecule has 2 N–H and O–H groups in total. The third kappa shape index (κ3) is 4.45. The van der Waals surface area contributed by atoms with Gasteiger partial charge in [0.25, 0.3) is 0 Å². The van der Waals surface area contributed by atoms with Crippen molar-refractivity contribution in [3.05, 3.63) is 60.2 Å². The zero-order valence-corrected chi connectivity index (χ0v) is 13.9. The van der Waals surface area contributed by atoms with Crippen molar-refractivity contribution >= 4 is 11.9 Å². The summed E-state index contributed by atoms with van der Waals surface area (Å²) in [5.41, 5.74) is 3.04. The Balaban J connectivity index is 1.65. The number of carbonyl (C=O) groups is 2. The molecule has 0 radical (unpaired) electrons. The van der Waals surface area contributed by atoms with Crippen molar-refractivity contribution in [1.82, 2.24) is 5.32 Å². The Labute approximate surface area is 146 Å². The molecule has 0 unspecified atom stereocenters. The number of hydrogen-bond acceptors (Lipinski definition) is 3. The molecule has 130 valence electrons. The van der Waals surface area contributed by atoms with E-state index >= 15 is 0 Å². The molecule has 1 aliphatic rings. The van der Waals surface area contributed by atoms with Crippen LogP contribution in [0.15, 0.2) is 54.6 Å². The summed E-state index contributed by atoms with van der Waals surface area (Å²) >= 11 is 0. The standard InChI is InChI=1S/C20H21NO4/c22-19(18-7-4-12-25-18)21-17(20(23)24)13-14-8-10-16(11-9-14)15-5-2-1-3-6-15/h1-3,5-6,8-11,17-18H,4,7,12-13H2,(H,21,22)(H,23,24)/t17-,18-/m1/s1. The van der Waals surface area contributed by atoms with Crippen molar-refractivity contribution in [2.75, 3.05) is 6.61 Å². The molecule has 0 spiro atoms. The fourth-order valence-corrected chi connectivity index (χ4v) is 2.95. The Morgan fingerprint density at radius 3 is 2.36 bits per heavy atom. The number of carboxylic acids is 1. The summed E-state index contributed by atoms with van der Waals surface area (Å²) in [6.45, 7) is 0.552. The minimum Gasteiger partial charge on any atom is -0.480 e. The van der Waals surface area contributed by atoms with E-state index in [0.717, 1.165) is 23.1 Å². The SMILES string of the molecule is O=C(O)[C@@H](Cc1ccc(-c2ccccc2)cc1)NC(=O)[C@H]1CCCO1. The first-order valence-corrected chi connectivity index (χ1v) is 8.42. The lowest BCUT2D eigenvalue weighted by molar-refractivity contribution is -0.143. The van der Waals surface area contributed by atoms with Crippen LogP contribution in [0.2, 0.25) is 0 Å². The summed E-state index contributed by atoms with van der Waals surface area (Å²) in [5.74, 6) is -1.38. The first kappa shape index (κ1) is 17.2. The number of benzene rings is 2.